The standard InChI is InChI=1S/C17H20N2O2S/c1-12-16(22-11-19-12)7-4-8-18-17(20)14-9-13-5-2-3-6-15(13)21-10-14/h2-3,5-6,11,14H,4,7-10H2,1H3,(H,18,20)/t14-/m1/s1. The number of aryl methyl sites for hydroxylation is 2. The Hall–Kier alpha value is -1.88. The molecule has 0 unspecified atom stereocenters. The molecule has 1 aromatic carbocycles. The molecule has 2 aromatic rings. The van der Waals surface area contributed by atoms with Crippen molar-refractivity contribution in [2.75, 3.05) is 13.2 Å². The summed E-state index contributed by atoms with van der Waals surface area (Å²) in [6, 6.07) is 7.93. The van der Waals surface area contributed by atoms with E-state index in [2.05, 4.69) is 10.3 Å². The number of rotatable bonds is 5. The summed E-state index contributed by atoms with van der Waals surface area (Å²) in [4.78, 5) is 17.8. The zero-order chi connectivity index (χ0) is 15.4. The molecule has 5 heteroatoms. The number of fused-ring (bicyclic) bond motifs is 1. The molecule has 4 nitrogen and oxygen atoms in total. The van der Waals surface area contributed by atoms with E-state index in [0.717, 1.165) is 36.3 Å². The molecule has 22 heavy (non-hydrogen) atoms. The maximum atomic E-state index is 12.2. The Bertz CT molecular complexity index is 654. The van der Waals surface area contributed by atoms with Crippen LogP contribution in [0.15, 0.2) is 29.8 Å². The highest BCUT2D eigenvalue weighted by atomic mass is 32.1. The first-order valence-electron chi connectivity index (χ1n) is 7.61. The normalized spacial score (nSPS) is 16.7. The Morgan fingerprint density at radius 1 is 1.45 bits per heavy atom. The molecule has 0 fully saturated rings. The predicted octanol–water partition coefficient (Wildman–Crippen LogP) is 2.75. The van der Waals surface area contributed by atoms with E-state index < -0.39 is 0 Å². The van der Waals surface area contributed by atoms with Crippen LogP contribution in [0.1, 0.15) is 22.6 Å². The molecule has 0 spiro atoms. The quantitative estimate of drug-likeness (QED) is 0.863. The minimum atomic E-state index is -0.0833. The lowest BCUT2D eigenvalue weighted by Crippen LogP contribution is -2.37. The van der Waals surface area contributed by atoms with Gasteiger partial charge in [-0.2, -0.15) is 0 Å². The van der Waals surface area contributed by atoms with E-state index in [9.17, 15) is 4.79 Å². The third-order valence-corrected chi connectivity index (χ3v) is 4.97. The van der Waals surface area contributed by atoms with E-state index >= 15 is 0 Å². The second-order valence-electron chi connectivity index (χ2n) is 5.58. The summed E-state index contributed by atoms with van der Waals surface area (Å²) in [7, 11) is 0. The zero-order valence-corrected chi connectivity index (χ0v) is 13.5. The Kier molecular flexibility index (Phi) is 4.73. The number of ether oxygens (including phenoxy) is 1. The van der Waals surface area contributed by atoms with Gasteiger partial charge in [-0.05, 0) is 37.8 Å². The van der Waals surface area contributed by atoms with Crippen LogP contribution < -0.4 is 10.1 Å². The van der Waals surface area contributed by atoms with E-state index in [1.54, 1.807) is 11.3 Å². The van der Waals surface area contributed by atoms with Crippen LogP contribution in [0.5, 0.6) is 5.75 Å². The number of benzene rings is 1. The summed E-state index contributed by atoms with van der Waals surface area (Å²) in [5.41, 5.74) is 4.10. The van der Waals surface area contributed by atoms with E-state index in [0.29, 0.717) is 13.2 Å². The topological polar surface area (TPSA) is 51.2 Å². The maximum absolute atomic E-state index is 12.2. The lowest BCUT2D eigenvalue weighted by atomic mass is 9.96. The van der Waals surface area contributed by atoms with Gasteiger partial charge in [-0.15, -0.1) is 11.3 Å². The first-order valence-corrected chi connectivity index (χ1v) is 8.49. The average Bonchev–Trinajstić information content (AvgIpc) is 2.96. The number of carbonyl (C=O) groups excluding carboxylic acids is 1. The van der Waals surface area contributed by atoms with Gasteiger partial charge in [0, 0.05) is 11.4 Å². The number of nitrogens with one attached hydrogen (secondary N) is 1. The number of para-hydroxylation sites is 1. The molecular formula is C17H20N2O2S. The highest BCUT2D eigenvalue weighted by molar-refractivity contribution is 7.09. The van der Waals surface area contributed by atoms with Crippen LogP contribution in [0.4, 0.5) is 0 Å². The summed E-state index contributed by atoms with van der Waals surface area (Å²) in [6.07, 6.45) is 2.68. The van der Waals surface area contributed by atoms with Gasteiger partial charge in [-0.3, -0.25) is 4.79 Å². The Labute approximate surface area is 134 Å². The van der Waals surface area contributed by atoms with Crippen LogP contribution in [0.25, 0.3) is 0 Å². The second-order valence-corrected chi connectivity index (χ2v) is 6.51. The van der Waals surface area contributed by atoms with Crippen LogP contribution in [0.3, 0.4) is 0 Å². The summed E-state index contributed by atoms with van der Waals surface area (Å²) in [5.74, 6) is 0.919. The van der Waals surface area contributed by atoms with Gasteiger partial charge in [-0.25, -0.2) is 4.98 Å². The molecule has 1 aliphatic rings. The van der Waals surface area contributed by atoms with Crippen molar-refractivity contribution < 1.29 is 9.53 Å². The fraction of sp³-hybridized carbons (Fsp3) is 0.412. The van der Waals surface area contributed by atoms with E-state index in [1.165, 1.54) is 4.88 Å². The average molecular weight is 316 g/mol. The molecule has 1 amide bonds. The zero-order valence-electron chi connectivity index (χ0n) is 12.7. The Morgan fingerprint density at radius 3 is 3.14 bits per heavy atom. The molecule has 116 valence electrons. The molecule has 1 aromatic heterocycles. The number of aromatic nitrogens is 1. The molecule has 1 atom stereocenters. The van der Waals surface area contributed by atoms with Crippen LogP contribution in [-0.2, 0) is 17.6 Å². The Balaban J connectivity index is 1.44. The lowest BCUT2D eigenvalue weighted by Gasteiger charge is -2.24. The van der Waals surface area contributed by atoms with Gasteiger partial charge in [0.05, 0.1) is 17.1 Å². The number of carbonyl (C=O) groups is 1. The van der Waals surface area contributed by atoms with Crippen molar-refractivity contribution >= 4 is 17.2 Å². The van der Waals surface area contributed by atoms with Crippen LogP contribution in [0, 0.1) is 12.8 Å². The summed E-state index contributed by atoms with van der Waals surface area (Å²) >= 11 is 1.68. The molecule has 3 rings (SSSR count). The van der Waals surface area contributed by atoms with Gasteiger partial charge < -0.3 is 10.1 Å². The number of thiazole rings is 1. The smallest absolute Gasteiger partial charge is 0.226 e. The van der Waals surface area contributed by atoms with Crippen LogP contribution in [-0.4, -0.2) is 24.0 Å². The summed E-state index contributed by atoms with van der Waals surface area (Å²) in [5, 5.41) is 3.03. The molecular weight excluding hydrogens is 296 g/mol. The second kappa shape index (κ2) is 6.92. The van der Waals surface area contributed by atoms with Gasteiger partial charge in [0.1, 0.15) is 12.4 Å². The van der Waals surface area contributed by atoms with Crippen molar-refractivity contribution in [1.82, 2.24) is 10.3 Å². The molecule has 0 radical (unpaired) electrons. The molecule has 0 bridgehead atoms. The Morgan fingerprint density at radius 2 is 2.32 bits per heavy atom. The first kappa shape index (κ1) is 15.0. The molecule has 0 saturated heterocycles. The molecule has 0 saturated carbocycles. The van der Waals surface area contributed by atoms with Crippen molar-refractivity contribution in [3.63, 3.8) is 0 Å². The minimum Gasteiger partial charge on any atom is -0.492 e. The van der Waals surface area contributed by atoms with E-state index in [4.69, 9.17) is 4.74 Å². The fourth-order valence-corrected chi connectivity index (χ4v) is 3.49. The fourth-order valence-electron chi connectivity index (χ4n) is 2.67. The highest BCUT2D eigenvalue weighted by Crippen LogP contribution is 2.26. The first-order chi connectivity index (χ1) is 10.7. The van der Waals surface area contributed by atoms with Gasteiger partial charge in [0.15, 0.2) is 0 Å². The molecule has 2 heterocycles. The third kappa shape index (κ3) is 3.47. The summed E-state index contributed by atoms with van der Waals surface area (Å²) < 4.78 is 5.67. The molecule has 0 aliphatic carbocycles. The monoisotopic (exact) mass is 316 g/mol. The largest absolute Gasteiger partial charge is 0.492 e. The maximum Gasteiger partial charge on any atom is 0.226 e. The minimum absolute atomic E-state index is 0.0833. The van der Waals surface area contributed by atoms with Gasteiger partial charge in [0.2, 0.25) is 5.91 Å². The highest BCUT2D eigenvalue weighted by Gasteiger charge is 2.25. The number of hydrogen-bond donors (Lipinski definition) is 1. The molecule has 1 N–H and O–H groups in total. The van der Waals surface area contributed by atoms with Crippen molar-refractivity contribution in [2.24, 2.45) is 5.92 Å². The SMILES string of the molecule is Cc1ncsc1CCCNC(=O)[C@H]1COc2ccccc2C1. The van der Waals surface area contributed by atoms with Crippen molar-refractivity contribution in [1.29, 1.82) is 0 Å². The van der Waals surface area contributed by atoms with Crippen LogP contribution >= 0.6 is 11.3 Å². The predicted molar refractivity (Wildman–Crippen MR) is 87.3 cm³/mol. The van der Waals surface area contributed by atoms with Gasteiger partial charge in [0.25, 0.3) is 0 Å². The number of hydrogen-bond acceptors (Lipinski definition) is 4. The summed E-state index contributed by atoms with van der Waals surface area (Å²) in [6.45, 7) is 3.20. The van der Waals surface area contributed by atoms with E-state index in [1.807, 2.05) is 36.7 Å². The lowest BCUT2D eigenvalue weighted by molar-refractivity contribution is -0.126. The third-order valence-electron chi connectivity index (χ3n) is 3.97. The van der Waals surface area contributed by atoms with Gasteiger partial charge in [-0.1, -0.05) is 18.2 Å². The van der Waals surface area contributed by atoms with Crippen molar-refractivity contribution in [3.05, 3.63) is 45.9 Å². The number of amides is 1. The van der Waals surface area contributed by atoms with Crippen molar-refractivity contribution in [3.8, 4) is 5.75 Å². The van der Waals surface area contributed by atoms with Gasteiger partial charge >= 0.3 is 0 Å². The molecule has 1 aliphatic heterocycles. The van der Waals surface area contributed by atoms with E-state index in [-0.39, 0.29) is 11.8 Å². The number of nitrogens with zero attached hydrogens (tertiary/aromatic N) is 1. The van der Waals surface area contributed by atoms with Crippen LogP contribution in [0.2, 0.25) is 0 Å². The van der Waals surface area contributed by atoms with Crippen molar-refractivity contribution in [2.45, 2.75) is 26.2 Å².